The molecule has 0 aliphatic carbocycles. The second kappa shape index (κ2) is 7.01. The van der Waals surface area contributed by atoms with Crippen molar-refractivity contribution < 1.29 is 13.8 Å². The second-order valence-corrected chi connectivity index (χ2v) is 5.27. The molecule has 0 bridgehead atoms. The zero-order valence-corrected chi connectivity index (χ0v) is 13.3. The van der Waals surface area contributed by atoms with Gasteiger partial charge in [-0.15, -0.1) is 0 Å². The molecule has 0 aromatic carbocycles. The number of amides is 1. The molecule has 9 heteroatoms. The standard InChI is InChI=1S/C15H16N6O3/c1-10-7-12(19-23-10)17-13(22)8-21(2)9-14-18-15(20-24-14)11-5-3-4-6-16-11/h3-7H,8-9H2,1-2H3,(H,17,19,22). The van der Waals surface area contributed by atoms with Crippen molar-refractivity contribution in [3.63, 3.8) is 0 Å². The zero-order valence-electron chi connectivity index (χ0n) is 13.3. The van der Waals surface area contributed by atoms with E-state index in [1.54, 1.807) is 37.2 Å². The third kappa shape index (κ3) is 4.02. The van der Waals surface area contributed by atoms with E-state index in [0.29, 0.717) is 35.5 Å². The van der Waals surface area contributed by atoms with Gasteiger partial charge in [0.25, 0.3) is 0 Å². The number of hydrogen-bond acceptors (Lipinski definition) is 8. The number of carbonyl (C=O) groups is 1. The van der Waals surface area contributed by atoms with E-state index in [4.69, 9.17) is 9.05 Å². The number of nitrogens with zero attached hydrogens (tertiary/aromatic N) is 5. The molecule has 3 heterocycles. The molecule has 24 heavy (non-hydrogen) atoms. The summed E-state index contributed by atoms with van der Waals surface area (Å²) < 4.78 is 10.1. The molecule has 9 nitrogen and oxygen atoms in total. The Morgan fingerprint density at radius 2 is 2.17 bits per heavy atom. The van der Waals surface area contributed by atoms with Crippen molar-refractivity contribution in [1.29, 1.82) is 0 Å². The Labute approximate surface area is 137 Å². The van der Waals surface area contributed by atoms with E-state index >= 15 is 0 Å². The fourth-order valence-corrected chi connectivity index (χ4v) is 2.06. The smallest absolute Gasteiger partial charge is 0.241 e. The topological polar surface area (TPSA) is 110 Å². The molecule has 0 saturated carbocycles. The van der Waals surface area contributed by atoms with Crippen molar-refractivity contribution in [3.05, 3.63) is 42.1 Å². The van der Waals surface area contributed by atoms with Gasteiger partial charge < -0.3 is 14.4 Å². The van der Waals surface area contributed by atoms with Crippen LogP contribution in [0.2, 0.25) is 0 Å². The van der Waals surface area contributed by atoms with Crippen LogP contribution in [-0.4, -0.2) is 44.7 Å². The lowest BCUT2D eigenvalue weighted by Crippen LogP contribution is -2.30. The van der Waals surface area contributed by atoms with Gasteiger partial charge in [-0.1, -0.05) is 16.4 Å². The monoisotopic (exact) mass is 328 g/mol. The van der Waals surface area contributed by atoms with Gasteiger partial charge in [0.15, 0.2) is 5.82 Å². The highest BCUT2D eigenvalue weighted by atomic mass is 16.5. The minimum absolute atomic E-state index is 0.146. The average Bonchev–Trinajstić information content (AvgIpc) is 3.17. The number of carbonyl (C=O) groups excluding carboxylic acids is 1. The van der Waals surface area contributed by atoms with Gasteiger partial charge in [0.1, 0.15) is 11.5 Å². The number of aryl methyl sites for hydroxylation is 1. The number of hydrogen-bond donors (Lipinski definition) is 1. The van der Waals surface area contributed by atoms with Crippen molar-refractivity contribution in [3.8, 4) is 11.5 Å². The second-order valence-electron chi connectivity index (χ2n) is 5.27. The van der Waals surface area contributed by atoms with Crippen LogP contribution in [0.4, 0.5) is 5.82 Å². The van der Waals surface area contributed by atoms with Gasteiger partial charge >= 0.3 is 0 Å². The van der Waals surface area contributed by atoms with Crippen molar-refractivity contribution in [2.75, 3.05) is 18.9 Å². The first-order chi connectivity index (χ1) is 11.6. The Kier molecular flexibility index (Phi) is 4.62. The summed E-state index contributed by atoms with van der Waals surface area (Å²) >= 11 is 0. The number of rotatable bonds is 6. The van der Waals surface area contributed by atoms with Gasteiger partial charge in [0, 0.05) is 12.3 Å². The highest BCUT2D eigenvalue weighted by Gasteiger charge is 2.14. The number of anilines is 1. The quantitative estimate of drug-likeness (QED) is 0.725. The van der Waals surface area contributed by atoms with Crippen LogP contribution in [0, 0.1) is 6.92 Å². The summed E-state index contributed by atoms with van der Waals surface area (Å²) in [6, 6.07) is 7.11. The Morgan fingerprint density at radius 1 is 1.29 bits per heavy atom. The molecule has 0 saturated heterocycles. The Balaban J connectivity index is 1.54. The van der Waals surface area contributed by atoms with Gasteiger partial charge in [0.2, 0.25) is 17.6 Å². The van der Waals surface area contributed by atoms with Gasteiger partial charge in [-0.05, 0) is 26.1 Å². The van der Waals surface area contributed by atoms with E-state index in [1.165, 1.54) is 0 Å². The van der Waals surface area contributed by atoms with E-state index in [9.17, 15) is 4.79 Å². The van der Waals surface area contributed by atoms with Crippen LogP contribution >= 0.6 is 0 Å². The molecule has 0 unspecified atom stereocenters. The molecule has 0 aliphatic rings. The predicted octanol–water partition coefficient (Wildman–Crippen LogP) is 1.50. The molecular weight excluding hydrogens is 312 g/mol. The SMILES string of the molecule is Cc1cc(NC(=O)CN(C)Cc2nc(-c3ccccn3)no2)no1. The fourth-order valence-electron chi connectivity index (χ4n) is 2.06. The summed E-state index contributed by atoms with van der Waals surface area (Å²) in [7, 11) is 1.78. The summed E-state index contributed by atoms with van der Waals surface area (Å²) in [5, 5.41) is 10.2. The molecule has 124 valence electrons. The number of likely N-dealkylation sites (N-methyl/N-ethyl adjacent to an activating group) is 1. The van der Waals surface area contributed by atoms with E-state index in [1.807, 2.05) is 12.1 Å². The van der Waals surface area contributed by atoms with Crippen LogP contribution in [-0.2, 0) is 11.3 Å². The minimum atomic E-state index is -0.213. The first kappa shape index (κ1) is 15.8. The van der Waals surface area contributed by atoms with Gasteiger partial charge in [-0.3, -0.25) is 14.7 Å². The molecule has 0 spiro atoms. The van der Waals surface area contributed by atoms with E-state index in [2.05, 4.69) is 25.6 Å². The van der Waals surface area contributed by atoms with Gasteiger partial charge in [-0.25, -0.2) is 0 Å². The van der Waals surface area contributed by atoms with Crippen molar-refractivity contribution >= 4 is 11.7 Å². The maximum atomic E-state index is 11.9. The van der Waals surface area contributed by atoms with Crippen molar-refractivity contribution in [2.24, 2.45) is 0 Å². The summed E-state index contributed by atoms with van der Waals surface area (Å²) in [6.07, 6.45) is 1.66. The Hall–Kier alpha value is -3.07. The maximum Gasteiger partial charge on any atom is 0.241 e. The molecule has 3 aromatic rings. The molecular formula is C15H16N6O3. The van der Waals surface area contributed by atoms with Crippen LogP contribution < -0.4 is 5.32 Å². The normalized spacial score (nSPS) is 11.0. The third-order valence-electron chi connectivity index (χ3n) is 3.08. The highest BCUT2D eigenvalue weighted by molar-refractivity contribution is 5.91. The van der Waals surface area contributed by atoms with Crippen molar-refractivity contribution in [2.45, 2.75) is 13.5 Å². The molecule has 3 aromatic heterocycles. The van der Waals surface area contributed by atoms with Crippen LogP contribution in [0.3, 0.4) is 0 Å². The Bertz CT molecular complexity index is 813. The van der Waals surface area contributed by atoms with Crippen LogP contribution in [0.25, 0.3) is 11.5 Å². The highest BCUT2D eigenvalue weighted by Crippen LogP contribution is 2.12. The third-order valence-corrected chi connectivity index (χ3v) is 3.08. The van der Waals surface area contributed by atoms with Gasteiger partial charge in [0.05, 0.1) is 13.1 Å². The van der Waals surface area contributed by atoms with E-state index < -0.39 is 0 Å². The molecule has 0 atom stereocenters. The first-order valence-electron chi connectivity index (χ1n) is 7.26. The average molecular weight is 328 g/mol. The number of nitrogens with one attached hydrogen (secondary N) is 1. The lowest BCUT2D eigenvalue weighted by atomic mass is 10.3. The van der Waals surface area contributed by atoms with Crippen LogP contribution in [0.5, 0.6) is 0 Å². The molecule has 0 fully saturated rings. The molecule has 1 N–H and O–H groups in total. The summed E-state index contributed by atoms with van der Waals surface area (Å²) in [6.45, 7) is 2.24. The first-order valence-corrected chi connectivity index (χ1v) is 7.26. The number of aromatic nitrogens is 4. The zero-order chi connectivity index (χ0) is 16.9. The minimum Gasteiger partial charge on any atom is -0.360 e. The fraction of sp³-hybridized carbons (Fsp3) is 0.267. The van der Waals surface area contributed by atoms with E-state index in [0.717, 1.165) is 0 Å². The van der Waals surface area contributed by atoms with Crippen LogP contribution in [0.1, 0.15) is 11.7 Å². The summed E-state index contributed by atoms with van der Waals surface area (Å²) in [5.41, 5.74) is 0.634. The summed E-state index contributed by atoms with van der Waals surface area (Å²) in [5.74, 6) is 1.63. The maximum absolute atomic E-state index is 11.9. The molecule has 0 aliphatic heterocycles. The predicted molar refractivity (Wildman–Crippen MR) is 83.7 cm³/mol. The van der Waals surface area contributed by atoms with Gasteiger partial charge in [-0.2, -0.15) is 4.98 Å². The molecule has 1 amide bonds. The lowest BCUT2D eigenvalue weighted by molar-refractivity contribution is -0.117. The van der Waals surface area contributed by atoms with Crippen LogP contribution in [0.15, 0.2) is 39.5 Å². The largest absolute Gasteiger partial charge is 0.360 e. The number of pyridine rings is 1. The molecule has 3 rings (SSSR count). The Morgan fingerprint density at radius 3 is 2.88 bits per heavy atom. The lowest BCUT2D eigenvalue weighted by Gasteiger charge is -2.12. The van der Waals surface area contributed by atoms with Crippen molar-refractivity contribution in [1.82, 2.24) is 25.2 Å². The molecule has 0 radical (unpaired) electrons. The van der Waals surface area contributed by atoms with E-state index in [-0.39, 0.29) is 12.5 Å². The summed E-state index contributed by atoms with van der Waals surface area (Å²) in [4.78, 5) is 22.1.